The van der Waals surface area contributed by atoms with Crippen LogP contribution in [0.3, 0.4) is 0 Å². The molecule has 1 aromatic carbocycles. The zero-order chi connectivity index (χ0) is 19.7. The molecule has 8 heteroatoms. The molecular weight excluding hydrogens is 360 g/mol. The lowest BCUT2D eigenvalue weighted by Crippen LogP contribution is -2.31. The molecule has 2 N–H and O–H groups in total. The van der Waals surface area contributed by atoms with E-state index in [1.165, 1.54) is 0 Å². The number of nitrogens with one attached hydrogen (secondary N) is 1. The van der Waals surface area contributed by atoms with Crippen molar-refractivity contribution in [2.24, 2.45) is 0 Å². The highest BCUT2D eigenvalue weighted by Gasteiger charge is 2.38. The molecule has 0 saturated carbocycles. The maximum absolute atomic E-state index is 12.9. The molecule has 28 heavy (non-hydrogen) atoms. The van der Waals surface area contributed by atoms with Crippen molar-refractivity contribution in [2.75, 3.05) is 26.1 Å². The van der Waals surface area contributed by atoms with Gasteiger partial charge in [-0.2, -0.15) is 10.1 Å². The van der Waals surface area contributed by atoms with E-state index < -0.39 is 6.04 Å². The Hall–Kier alpha value is -2.87. The maximum atomic E-state index is 12.9. The van der Waals surface area contributed by atoms with Crippen LogP contribution in [0.4, 0.5) is 5.95 Å². The molecule has 1 atom stereocenters. The number of rotatable bonds is 6. The molecule has 1 aliphatic heterocycles. The van der Waals surface area contributed by atoms with E-state index in [9.17, 15) is 4.79 Å². The van der Waals surface area contributed by atoms with Crippen LogP contribution in [0, 0.1) is 0 Å². The predicted octanol–water partition coefficient (Wildman–Crippen LogP) is 2.24. The summed E-state index contributed by atoms with van der Waals surface area (Å²) in [4.78, 5) is 17.5. The molecule has 2 aliphatic rings. The molecular formula is C20H24N4O4. The van der Waals surface area contributed by atoms with Gasteiger partial charge >= 0.3 is 0 Å². The lowest BCUT2D eigenvalue weighted by Gasteiger charge is -2.32. The van der Waals surface area contributed by atoms with Crippen molar-refractivity contribution < 1.29 is 19.4 Å². The van der Waals surface area contributed by atoms with Crippen molar-refractivity contribution in [1.29, 1.82) is 0 Å². The summed E-state index contributed by atoms with van der Waals surface area (Å²) in [6.45, 7) is 0.0810. The summed E-state index contributed by atoms with van der Waals surface area (Å²) in [6, 6.07) is 5.13. The summed E-state index contributed by atoms with van der Waals surface area (Å²) in [5.41, 5.74) is 2.43. The summed E-state index contributed by atoms with van der Waals surface area (Å²) < 4.78 is 12.8. The number of nitrogens with zero attached hydrogens (tertiary/aromatic N) is 3. The van der Waals surface area contributed by atoms with E-state index >= 15 is 0 Å². The Morgan fingerprint density at radius 2 is 2.14 bits per heavy atom. The smallest absolute Gasteiger partial charge is 0.226 e. The SMILES string of the molecule is COc1ccc(OC)c(C2C3=C(CCCC3=O)Nc3nc(CCCO)nn32)c1. The Bertz CT molecular complexity index is 934. The van der Waals surface area contributed by atoms with Crippen molar-refractivity contribution in [3.8, 4) is 11.5 Å². The number of ether oxygens (including phenoxy) is 2. The van der Waals surface area contributed by atoms with Gasteiger partial charge in [0.25, 0.3) is 0 Å². The van der Waals surface area contributed by atoms with Crippen molar-refractivity contribution in [3.63, 3.8) is 0 Å². The average Bonchev–Trinajstić information content (AvgIpc) is 3.12. The van der Waals surface area contributed by atoms with E-state index in [1.54, 1.807) is 18.9 Å². The molecule has 0 fully saturated rings. The van der Waals surface area contributed by atoms with Crippen molar-refractivity contribution in [1.82, 2.24) is 14.8 Å². The first-order valence-electron chi connectivity index (χ1n) is 9.47. The number of fused-ring (bicyclic) bond motifs is 1. The normalized spacial score (nSPS) is 18.4. The van der Waals surface area contributed by atoms with Gasteiger partial charge in [0, 0.05) is 36.3 Å². The first-order valence-corrected chi connectivity index (χ1v) is 9.47. The summed E-state index contributed by atoms with van der Waals surface area (Å²) in [5.74, 6) is 2.70. The Morgan fingerprint density at radius 1 is 1.29 bits per heavy atom. The standard InChI is InChI=1S/C20H24N4O4/c1-27-12-8-9-16(28-2)13(11-12)19-18-14(5-3-6-15(18)26)21-20-22-17(7-4-10-25)23-24(19)20/h8-9,11,19,25H,3-7,10H2,1-2H3,(H,21,22,23). The van der Waals surface area contributed by atoms with E-state index in [-0.39, 0.29) is 12.4 Å². The first-order chi connectivity index (χ1) is 13.7. The second-order valence-corrected chi connectivity index (χ2v) is 6.93. The number of aryl methyl sites for hydroxylation is 1. The average molecular weight is 384 g/mol. The van der Waals surface area contributed by atoms with Gasteiger partial charge < -0.3 is 19.9 Å². The zero-order valence-corrected chi connectivity index (χ0v) is 16.1. The number of ketones is 1. The molecule has 0 bridgehead atoms. The summed E-state index contributed by atoms with van der Waals surface area (Å²) >= 11 is 0. The van der Waals surface area contributed by atoms with Gasteiger partial charge in [-0.15, -0.1) is 0 Å². The highest BCUT2D eigenvalue weighted by Crippen LogP contribution is 2.43. The lowest BCUT2D eigenvalue weighted by molar-refractivity contribution is -0.116. The van der Waals surface area contributed by atoms with E-state index in [0.717, 1.165) is 24.1 Å². The molecule has 1 aliphatic carbocycles. The van der Waals surface area contributed by atoms with Crippen LogP contribution in [-0.2, 0) is 11.2 Å². The number of aromatic nitrogens is 3. The minimum Gasteiger partial charge on any atom is -0.497 e. The van der Waals surface area contributed by atoms with Gasteiger partial charge in [0.05, 0.1) is 14.2 Å². The second-order valence-electron chi connectivity index (χ2n) is 6.93. The van der Waals surface area contributed by atoms with Gasteiger partial charge in [-0.3, -0.25) is 4.79 Å². The van der Waals surface area contributed by atoms with Gasteiger partial charge in [-0.1, -0.05) is 0 Å². The van der Waals surface area contributed by atoms with Crippen LogP contribution in [0.5, 0.6) is 11.5 Å². The third-order valence-electron chi connectivity index (χ3n) is 5.20. The fourth-order valence-corrected chi connectivity index (χ4v) is 3.88. The minimum atomic E-state index is -0.431. The van der Waals surface area contributed by atoms with Gasteiger partial charge in [-0.05, 0) is 37.5 Å². The van der Waals surface area contributed by atoms with Crippen LogP contribution in [0.1, 0.15) is 43.1 Å². The number of Topliss-reactive ketones (excluding diaryl/α,β-unsaturated/α-hetero) is 1. The van der Waals surface area contributed by atoms with Crippen LogP contribution in [0.2, 0.25) is 0 Å². The summed E-state index contributed by atoms with van der Waals surface area (Å²) in [6.07, 6.45) is 3.28. The molecule has 1 unspecified atom stereocenters. The number of aliphatic hydroxyl groups excluding tert-OH is 1. The number of hydrogen-bond donors (Lipinski definition) is 2. The van der Waals surface area contributed by atoms with Gasteiger partial charge in [0.15, 0.2) is 11.6 Å². The van der Waals surface area contributed by atoms with Crippen molar-refractivity contribution in [3.05, 3.63) is 40.9 Å². The van der Waals surface area contributed by atoms with E-state index in [0.29, 0.717) is 48.1 Å². The number of carbonyl (C=O) groups excluding carboxylic acids is 1. The van der Waals surface area contributed by atoms with Crippen LogP contribution in [0.15, 0.2) is 29.5 Å². The lowest BCUT2D eigenvalue weighted by atomic mass is 9.85. The molecule has 4 rings (SSSR count). The fourth-order valence-electron chi connectivity index (χ4n) is 3.88. The van der Waals surface area contributed by atoms with Crippen LogP contribution in [0.25, 0.3) is 0 Å². The Labute approximate surface area is 163 Å². The number of methoxy groups -OCH3 is 2. The first kappa shape index (κ1) is 18.5. The topological polar surface area (TPSA) is 98.5 Å². The van der Waals surface area contributed by atoms with Crippen LogP contribution in [-0.4, -0.2) is 46.5 Å². The zero-order valence-electron chi connectivity index (χ0n) is 16.1. The number of allylic oxidation sites excluding steroid dienone is 2. The molecule has 0 radical (unpaired) electrons. The highest BCUT2D eigenvalue weighted by atomic mass is 16.5. The van der Waals surface area contributed by atoms with Gasteiger partial charge in [0.1, 0.15) is 17.5 Å². The van der Waals surface area contributed by atoms with Crippen LogP contribution < -0.4 is 14.8 Å². The Morgan fingerprint density at radius 3 is 2.89 bits per heavy atom. The molecule has 2 aromatic rings. The summed E-state index contributed by atoms with van der Waals surface area (Å²) in [7, 11) is 3.22. The highest BCUT2D eigenvalue weighted by molar-refractivity contribution is 5.99. The van der Waals surface area contributed by atoms with E-state index in [1.807, 2.05) is 18.2 Å². The van der Waals surface area contributed by atoms with E-state index in [4.69, 9.17) is 14.6 Å². The van der Waals surface area contributed by atoms with Crippen molar-refractivity contribution >= 4 is 11.7 Å². The quantitative estimate of drug-likeness (QED) is 0.788. The Balaban J connectivity index is 1.89. The molecule has 0 amide bonds. The fraction of sp³-hybridized carbons (Fsp3) is 0.450. The molecule has 0 saturated heterocycles. The third kappa shape index (κ3) is 3.13. The molecule has 148 valence electrons. The van der Waals surface area contributed by atoms with Gasteiger partial charge in [-0.25, -0.2) is 4.68 Å². The monoisotopic (exact) mass is 384 g/mol. The minimum absolute atomic E-state index is 0.0810. The van der Waals surface area contributed by atoms with Gasteiger partial charge in [0.2, 0.25) is 5.95 Å². The summed E-state index contributed by atoms with van der Waals surface area (Å²) in [5, 5.41) is 17.1. The van der Waals surface area contributed by atoms with Crippen LogP contribution >= 0.6 is 0 Å². The van der Waals surface area contributed by atoms with Crippen molar-refractivity contribution in [2.45, 2.75) is 38.1 Å². The number of anilines is 1. The molecule has 2 heterocycles. The molecule has 0 spiro atoms. The number of benzene rings is 1. The number of aliphatic hydroxyl groups is 1. The molecule has 8 nitrogen and oxygen atoms in total. The number of carbonyl (C=O) groups is 1. The number of hydrogen-bond acceptors (Lipinski definition) is 7. The third-order valence-corrected chi connectivity index (χ3v) is 5.20. The largest absolute Gasteiger partial charge is 0.497 e. The maximum Gasteiger partial charge on any atom is 0.226 e. The predicted molar refractivity (Wildman–Crippen MR) is 103 cm³/mol. The second kappa shape index (κ2) is 7.63. The van der Waals surface area contributed by atoms with E-state index in [2.05, 4.69) is 15.4 Å². The Kier molecular flexibility index (Phi) is 5.04. The molecule has 1 aromatic heterocycles.